The number of piperazine rings is 1. The molecule has 1 saturated heterocycles. The molecule has 0 radical (unpaired) electrons. The maximum absolute atomic E-state index is 12.4. The van der Waals surface area contributed by atoms with Gasteiger partial charge in [0.15, 0.2) is 0 Å². The Morgan fingerprint density at radius 3 is 2.52 bits per heavy atom. The second-order valence-corrected chi connectivity index (χ2v) is 7.23. The van der Waals surface area contributed by atoms with Crippen LogP contribution in [-0.4, -0.2) is 62.7 Å². The van der Waals surface area contributed by atoms with Crippen molar-refractivity contribution in [3.8, 4) is 0 Å². The van der Waals surface area contributed by atoms with Crippen LogP contribution >= 0.6 is 23.2 Å². The predicted octanol–water partition coefficient (Wildman–Crippen LogP) is 2.62. The van der Waals surface area contributed by atoms with Gasteiger partial charge in [0.25, 0.3) is 0 Å². The monoisotopic (exact) mass is 410 g/mol. The minimum absolute atomic E-state index is 0.00557. The summed E-state index contributed by atoms with van der Waals surface area (Å²) in [6.45, 7) is 3.75. The van der Waals surface area contributed by atoms with Gasteiger partial charge in [0.1, 0.15) is 5.69 Å². The molecule has 1 aliphatic heterocycles. The van der Waals surface area contributed by atoms with Crippen molar-refractivity contribution in [3.63, 3.8) is 0 Å². The highest BCUT2D eigenvalue weighted by atomic mass is 35.5. The van der Waals surface area contributed by atoms with E-state index in [1.165, 1.54) is 16.9 Å². The van der Waals surface area contributed by atoms with Crippen LogP contribution in [0.3, 0.4) is 0 Å². The van der Waals surface area contributed by atoms with Crippen LogP contribution in [0.5, 0.6) is 0 Å². The van der Waals surface area contributed by atoms with E-state index in [9.17, 15) is 9.59 Å². The van der Waals surface area contributed by atoms with Crippen LogP contribution in [0.25, 0.3) is 0 Å². The predicted molar refractivity (Wildman–Crippen MR) is 102 cm³/mol. The lowest BCUT2D eigenvalue weighted by molar-refractivity contribution is -0.133. The van der Waals surface area contributed by atoms with Crippen molar-refractivity contribution < 1.29 is 14.7 Å². The third-order valence-electron chi connectivity index (χ3n) is 4.61. The number of aryl methyl sites for hydroxylation is 1. The van der Waals surface area contributed by atoms with Crippen LogP contribution in [0.4, 0.5) is 0 Å². The van der Waals surface area contributed by atoms with Gasteiger partial charge >= 0.3 is 5.97 Å². The molecule has 1 amide bonds. The molecule has 0 aliphatic carbocycles. The van der Waals surface area contributed by atoms with Crippen LogP contribution in [-0.2, 0) is 17.9 Å². The number of halogens is 2. The molecule has 0 unspecified atom stereocenters. The second kappa shape index (κ2) is 8.73. The molecule has 3 rings (SSSR count). The first kappa shape index (κ1) is 19.7. The average molecular weight is 411 g/mol. The fourth-order valence-corrected chi connectivity index (χ4v) is 3.57. The van der Waals surface area contributed by atoms with Crippen molar-refractivity contribution in [3.05, 3.63) is 51.8 Å². The number of rotatable bonds is 6. The highest BCUT2D eigenvalue weighted by Crippen LogP contribution is 2.22. The standard InChI is InChI=1S/C18H20Cl2N4O3/c19-14-2-1-13(15(20)11-14)12-22-7-9-23(10-8-22)17(25)4-6-24-16(18(26)27)3-5-21-24/h1-3,5,11H,4,6-10,12H2,(H,26,27). The van der Waals surface area contributed by atoms with Gasteiger partial charge in [0.2, 0.25) is 5.91 Å². The van der Waals surface area contributed by atoms with E-state index in [1.54, 1.807) is 6.07 Å². The Kier molecular flexibility index (Phi) is 6.36. The van der Waals surface area contributed by atoms with Gasteiger partial charge in [0.05, 0.1) is 6.54 Å². The molecular weight excluding hydrogens is 391 g/mol. The van der Waals surface area contributed by atoms with E-state index >= 15 is 0 Å². The van der Waals surface area contributed by atoms with Gasteiger partial charge in [-0.2, -0.15) is 5.10 Å². The second-order valence-electron chi connectivity index (χ2n) is 6.39. The first-order valence-electron chi connectivity index (χ1n) is 8.63. The van der Waals surface area contributed by atoms with Gasteiger partial charge in [-0.15, -0.1) is 0 Å². The molecule has 2 heterocycles. The molecule has 1 aromatic heterocycles. The highest BCUT2D eigenvalue weighted by Gasteiger charge is 2.22. The number of carboxylic acid groups (broad SMARTS) is 1. The molecule has 2 aromatic rings. The quantitative estimate of drug-likeness (QED) is 0.791. The first-order valence-corrected chi connectivity index (χ1v) is 9.39. The number of carbonyl (C=O) groups excluding carboxylic acids is 1. The lowest BCUT2D eigenvalue weighted by Gasteiger charge is -2.35. The van der Waals surface area contributed by atoms with Crippen LogP contribution in [0.1, 0.15) is 22.5 Å². The molecule has 1 fully saturated rings. The SMILES string of the molecule is O=C(O)c1ccnn1CCC(=O)N1CCN(Cc2ccc(Cl)cc2Cl)CC1. The molecule has 1 aliphatic rings. The summed E-state index contributed by atoms with van der Waals surface area (Å²) in [5, 5.41) is 14.3. The number of aromatic nitrogens is 2. The molecule has 1 N–H and O–H groups in total. The summed E-state index contributed by atoms with van der Waals surface area (Å²) in [7, 11) is 0. The normalized spacial score (nSPS) is 15.1. The molecule has 9 heteroatoms. The Bertz CT molecular complexity index is 832. The third kappa shape index (κ3) is 5.00. The summed E-state index contributed by atoms with van der Waals surface area (Å²) in [5.41, 5.74) is 1.10. The van der Waals surface area contributed by atoms with Gasteiger partial charge in [-0.1, -0.05) is 29.3 Å². The number of carboxylic acids is 1. The number of benzene rings is 1. The maximum atomic E-state index is 12.4. The molecule has 1 aromatic carbocycles. The van der Waals surface area contributed by atoms with Crippen LogP contribution in [0.2, 0.25) is 10.0 Å². The van der Waals surface area contributed by atoms with Crippen molar-refractivity contribution in [1.29, 1.82) is 0 Å². The Morgan fingerprint density at radius 2 is 1.85 bits per heavy atom. The molecule has 0 saturated carbocycles. The number of hydrogen-bond acceptors (Lipinski definition) is 4. The van der Waals surface area contributed by atoms with Gasteiger partial charge in [-0.3, -0.25) is 14.4 Å². The summed E-state index contributed by atoms with van der Waals surface area (Å²) in [4.78, 5) is 27.5. The lowest BCUT2D eigenvalue weighted by Crippen LogP contribution is -2.48. The smallest absolute Gasteiger partial charge is 0.354 e. The van der Waals surface area contributed by atoms with E-state index in [2.05, 4.69) is 10.00 Å². The maximum Gasteiger partial charge on any atom is 0.354 e. The average Bonchev–Trinajstić information content (AvgIpc) is 3.11. The van der Waals surface area contributed by atoms with Crippen molar-refractivity contribution in [2.45, 2.75) is 19.5 Å². The van der Waals surface area contributed by atoms with Gasteiger partial charge < -0.3 is 10.0 Å². The minimum Gasteiger partial charge on any atom is -0.477 e. The fourth-order valence-electron chi connectivity index (χ4n) is 3.10. The van der Waals surface area contributed by atoms with Crippen molar-refractivity contribution in [1.82, 2.24) is 19.6 Å². The van der Waals surface area contributed by atoms with Gasteiger partial charge in [-0.05, 0) is 23.8 Å². The van der Waals surface area contributed by atoms with E-state index in [-0.39, 0.29) is 24.6 Å². The third-order valence-corrected chi connectivity index (χ3v) is 5.19. The summed E-state index contributed by atoms with van der Waals surface area (Å²) < 4.78 is 1.35. The summed E-state index contributed by atoms with van der Waals surface area (Å²) in [5.74, 6) is -1.04. The molecule has 27 heavy (non-hydrogen) atoms. The van der Waals surface area contributed by atoms with Crippen LogP contribution in [0.15, 0.2) is 30.5 Å². The Hall–Kier alpha value is -2.09. The zero-order chi connectivity index (χ0) is 19.4. The Labute approximate surface area is 167 Å². The number of hydrogen-bond donors (Lipinski definition) is 1. The molecular formula is C18H20Cl2N4O3. The number of aromatic carboxylic acids is 1. The van der Waals surface area contributed by atoms with E-state index < -0.39 is 5.97 Å². The van der Waals surface area contributed by atoms with Gasteiger partial charge in [-0.25, -0.2) is 4.79 Å². The molecule has 7 nitrogen and oxygen atoms in total. The van der Waals surface area contributed by atoms with Crippen LogP contribution in [0, 0.1) is 0 Å². The van der Waals surface area contributed by atoms with Crippen molar-refractivity contribution in [2.24, 2.45) is 0 Å². The number of carbonyl (C=O) groups is 2. The minimum atomic E-state index is -1.05. The van der Waals surface area contributed by atoms with E-state index in [4.69, 9.17) is 28.3 Å². The van der Waals surface area contributed by atoms with Crippen LogP contribution < -0.4 is 0 Å². The molecule has 0 atom stereocenters. The number of nitrogens with zero attached hydrogens (tertiary/aromatic N) is 4. The van der Waals surface area contributed by atoms with Gasteiger partial charge in [0, 0.05) is 55.4 Å². The summed E-state index contributed by atoms with van der Waals surface area (Å²) in [6, 6.07) is 6.90. The van der Waals surface area contributed by atoms with E-state index in [1.807, 2.05) is 17.0 Å². The summed E-state index contributed by atoms with van der Waals surface area (Å²) >= 11 is 12.2. The molecule has 0 bridgehead atoms. The Balaban J connectivity index is 1.47. The summed E-state index contributed by atoms with van der Waals surface area (Å²) in [6.07, 6.45) is 1.65. The van der Waals surface area contributed by atoms with E-state index in [0.717, 1.165) is 18.7 Å². The molecule has 0 spiro atoms. The first-order chi connectivity index (χ1) is 12.9. The zero-order valence-corrected chi connectivity index (χ0v) is 16.2. The fraction of sp³-hybridized carbons (Fsp3) is 0.389. The van der Waals surface area contributed by atoms with Crippen molar-refractivity contribution in [2.75, 3.05) is 26.2 Å². The van der Waals surface area contributed by atoms with E-state index in [0.29, 0.717) is 29.7 Å². The molecule has 144 valence electrons. The highest BCUT2D eigenvalue weighted by molar-refractivity contribution is 6.35. The Morgan fingerprint density at radius 1 is 1.11 bits per heavy atom. The topological polar surface area (TPSA) is 78.7 Å². The van der Waals surface area contributed by atoms with Crippen molar-refractivity contribution >= 4 is 35.1 Å². The largest absolute Gasteiger partial charge is 0.477 e. The lowest BCUT2D eigenvalue weighted by atomic mass is 10.2. The zero-order valence-electron chi connectivity index (χ0n) is 14.6. The number of amides is 1.